The molecule has 1 amide bonds. The molecule has 0 fully saturated rings. The molecule has 5 heteroatoms. The topological polar surface area (TPSA) is 38.3 Å². The second kappa shape index (κ2) is 7.52. The van der Waals surface area contributed by atoms with Crippen molar-refractivity contribution in [2.45, 2.75) is 17.9 Å². The average Bonchev–Trinajstić information content (AvgIpc) is 2.50. The lowest BCUT2D eigenvalue weighted by Crippen LogP contribution is -2.30. The first-order valence-electron chi connectivity index (χ1n) is 6.45. The molecule has 0 radical (unpaired) electrons. The first-order valence-corrected chi connectivity index (χ1v) is 8.47. The summed E-state index contributed by atoms with van der Waals surface area (Å²) in [6, 6.07) is 15.1. The third kappa shape index (κ3) is 4.79. The molecule has 2 rings (SSSR count). The van der Waals surface area contributed by atoms with Gasteiger partial charge in [0.05, 0.1) is 0 Å². The predicted molar refractivity (Wildman–Crippen MR) is 91.1 cm³/mol. The number of anilines is 1. The highest BCUT2D eigenvalue weighted by atomic mass is 79.9. The maximum absolute atomic E-state index is 12.1. The zero-order valence-corrected chi connectivity index (χ0v) is 14.2. The third-order valence-electron chi connectivity index (χ3n) is 2.85. The minimum atomic E-state index is -0.561. The highest BCUT2D eigenvalue weighted by molar-refractivity contribution is 9.10. The van der Waals surface area contributed by atoms with Crippen LogP contribution in [0.5, 0.6) is 5.75 Å². The minimum absolute atomic E-state index is 0.175. The average molecular weight is 366 g/mol. The van der Waals surface area contributed by atoms with E-state index in [-0.39, 0.29) is 5.91 Å². The van der Waals surface area contributed by atoms with Crippen LogP contribution in [0, 0.1) is 0 Å². The molecule has 110 valence electrons. The van der Waals surface area contributed by atoms with E-state index in [1.807, 2.05) is 54.8 Å². The standard InChI is InChI=1S/C16H16BrNO2S/c1-11(20-14-7-9-15(21-2)10-8-14)16(19)18-13-5-3-12(17)4-6-13/h3-11H,1-2H3,(H,18,19). The van der Waals surface area contributed by atoms with Crippen LogP contribution >= 0.6 is 27.7 Å². The van der Waals surface area contributed by atoms with E-state index in [9.17, 15) is 4.79 Å². The summed E-state index contributed by atoms with van der Waals surface area (Å²) in [4.78, 5) is 13.2. The van der Waals surface area contributed by atoms with E-state index in [1.165, 1.54) is 0 Å². The van der Waals surface area contributed by atoms with Gasteiger partial charge in [-0.25, -0.2) is 0 Å². The van der Waals surface area contributed by atoms with Crippen LogP contribution in [-0.4, -0.2) is 18.3 Å². The lowest BCUT2D eigenvalue weighted by Gasteiger charge is -2.15. The summed E-state index contributed by atoms with van der Waals surface area (Å²) in [5.41, 5.74) is 0.747. The Kier molecular flexibility index (Phi) is 5.70. The van der Waals surface area contributed by atoms with Gasteiger partial charge in [-0.1, -0.05) is 15.9 Å². The van der Waals surface area contributed by atoms with Crippen molar-refractivity contribution in [2.24, 2.45) is 0 Å². The molecule has 0 aliphatic heterocycles. The Hall–Kier alpha value is -1.46. The van der Waals surface area contributed by atoms with Crippen molar-refractivity contribution in [2.75, 3.05) is 11.6 Å². The molecule has 1 N–H and O–H groups in total. The number of benzene rings is 2. The summed E-state index contributed by atoms with van der Waals surface area (Å²) in [5, 5.41) is 2.82. The summed E-state index contributed by atoms with van der Waals surface area (Å²) >= 11 is 5.02. The maximum Gasteiger partial charge on any atom is 0.265 e. The fourth-order valence-electron chi connectivity index (χ4n) is 1.69. The fourth-order valence-corrected chi connectivity index (χ4v) is 2.36. The number of rotatable bonds is 5. The van der Waals surface area contributed by atoms with Crippen molar-refractivity contribution in [1.29, 1.82) is 0 Å². The highest BCUT2D eigenvalue weighted by Crippen LogP contribution is 2.20. The zero-order valence-electron chi connectivity index (χ0n) is 11.8. The number of nitrogens with one attached hydrogen (secondary N) is 1. The molecule has 0 saturated heterocycles. The molecule has 1 atom stereocenters. The van der Waals surface area contributed by atoms with Crippen LogP contribution in [0.4, 0.5) is 5.69 Å². The van der Waals surface area contributed by atoms with Gasteiger partial charge in [0.2, 0.25) is 0 Å². The number of amides is 1. The molecule has 2 aromatic rings. The number of thioether (sulfide) groups is 1. The van der Waals surface area contributed by atoms with Gasteiger partial charge in [0.15, 0.2) is 6.10 Å². The molecule has 0 aliphatic carbocycles. The Morgan fingerprint density at radius 3 is 2.33 bits per heavy atom. The molecule has 0 spiro atoms. The van der Waals surface area contributed by atoms with Crippen molar-refractivity contribution >= 4 is 39.3 Å². The molecule has 0 saturated carbocycles. The molecule has 2 aromatic carbocycles. The zero-order chi connectivity index (χ0) is 15.2. The minimum Gasteiger partial charge on any atom is -0.481 e. The quantitative estimate of drug-likeness (QED) is 0.788. The summed E-state index contributed by atoms with van der Waals surface area (Å²) in [6.07, 6.45) is 1.46. The van der Waals surface area contributed by atoms with E-state index >= 15 is 0 Å². The van der Waals surface area contributed by atoms with Crippen LogP contribution in [-0.2, 0) is 4.79 Å². The Morgan fingerprint density at radius 2 is 1.76 bits per heavy atom. The summed E-state index contributed by atoms with van der Waals surface area (Å²) in [6.45, 7) is 1.73. The number of hydrogen-bond acceptors (Lipinski definition) is 3. The summed E-state index contributed by atoms with van der Waals surface area (Å²) in [7, 11) is 0. The first kappa shape index (κ1) is 15.9. The van der Waals surface area contributed by atoms with Gasteiger partial charge < -0.3 is 10.1 Å². The van der Waals surface area contributed by atoms with E-state index in [0.717, 1.165) is 15.1 Å². The van der Waals surface area contributed by atoms with E-state index < -0.39 is 6.10 Å². The van der Waals surface area contributed by atoms with Gasteiger partial charge in [-0.15, -0.1) is 11.8 Å². The molecule has 21 heavy (non-hydrogen) atoms. The van der Waals surface area contributed by atoms with Crippen molar-refractivity contribution in [3.8, 4) is 5.75 Å². The third-order valence-corrected chi connectivity index (χ3v) is 4.13. The number of carbonyl (C=O) groups excluding carboxylic acids is 1. The van der Waals surface area contributed by atoms with Crippen LogP contribution < -0.4 is 10.1 Å². The maximum atomic E-state index is 12.1. The van der Waals surface area contributed by atoms with Crippen molar-refractivity contribution in [1.82, 2.24) is 0 Å². The van der Waals surface area contributed by atoms with Gasteiger partial charge in [0, 0.05) is 15.1 Å². The Balaban J connectivity index is 1.93. The number of hydrogen-bond donors (Lipinski definition) is 1. The van der Waals surface area contributed by atoms with Gasteiger partial charge in [-0.05, 0) is 61.7 Å². The Morgan fingerprint density at radius 1 is 1.14 bits per heavy atom. The number of halogens is 1. The lowest BCUT2D eigenvalue weighted by atomic mass is 10.3. The van der Waals surface area contributed by atoms with Crippen LogP contribution in [0.15, 0.2) is 57.9 Å². The normalized spacial score (nSPS) is 11.8. The summed E-state index contributed by atoms with van der Waals surface area (Å²) < 4.78 is 6.61. The smallest absolute Gasteiger partial charge is 0.265 e. The van der Waals surface area contributed by atoms with Crippen LogP contribution in [0.25, 0.3) is 0 Å². The largest absolute Gasteiger partial charge is 0.481 e. The van der Waals surface area contributed by atoms with Gasteiger partial charge >= 0.3 is 0 Å². The van der Waals surface area contributed by atoms with Crippen molar-refractivity contribution < 1.29 is 9.53 Å². The van der Waals surface area contributed by atoms with Crippen LogP contribution in [0.3, 0.4) is 0 Å². The second-order valence-corrected chi connectivity index (χ2v) is 6.23. The highest BCUT2D eigenvalue weighted by Gasteiger charge is 2.14. The molecule has 0 aromatic heterocycles. The fraction of sp³-hybridized carbons (Fsp3) is 0.188. The van der Waals surface area contributed by atoms with E-state index in [0.29, 0.717) is 5.75 Å². The summed E-state index contributed by atoms with van der Waals surface area (Å²) in [5.74, 6) is 0.512. The first-order chi connectivity index (χ1) is 10.1. The number of ether oxygens (including phenoxy) is 1. The van der Waals surface area contributed by atoms with Crippen LogP contribution in [0.2, 0.25) is 0 Å². The molecule has 3 nitrogen and oxygen atoms in total. The molecule has 0 aliphatic rings. The number of carbonyl (C=O) groups is 1. The predicted octanol–water partition coefficient (Wildman–Crippen LogP) is 4.58. The SMILES string of the molecule is CSc1ccc(OC(C)C(=O)Nc2ccc(Br)cc2)cc1. The van der Waals surface area contributed by atoms with Gasteiger partial charge in [0.25, 0.3) is 5.91 Å². The molecular weight excluding hydrogens is 350 g/mol. The molecule has 1 unspecified atom stereocenters. The molecule has 0 heterocycles. The van der Waals surface area contributed by atoms with Gasteiger partial charge in [-0.3, -0.25) is 4.79 Å². The van der Waals surface area contributed by atoms with Crippen LogP contribution in [0.1, 0.15) is 6.92 Å². The van der Waals surface area contributed by atoms with Gasteiger partial charge in [-0.2, -0.15) is 0 Å². The molecule has 0 bridgehead atoms. The lowest BCUT2D eigenvalue weighted by molar-refractivity contribution is -0.122. The van der Waals surface area contributed by atoms with E-state index in [2.05, 4.69) is 21.2 Å². The van der Waals surface area contributed by atoms with E-state index in [1.54, 1.807) is 18.7 Å². The Bertz CT molecular complexity index is 599. The van der Waals surface area contributed by atoms with Crippen molar-refractivity contribution in [3.05, 3.63) is 53.0 Å². The second-order valence-electron chi connectivity index (χ2n) is 4.43. The molecular formula is C16H16BrNO2S. The van der Waals surface area contributed by atoms with Crippen molar-refractivity contribution in [3.63, 3.8) is 0 Å². The van der Waals surface area contributed by atoms with E-state index in [4.69, 9.17) is 4.74 Å². The van der Waals surface area contributed by atoms with Gasteiger partial charge in [0.1, 0.15) is 5.75 Å². The Labute approximate surface area is 137 Å². The monoisotopic (exact) mass is 365 g/mol.